The summed E-state index contributed by atoms with van der Waals surface area (Å²) in [6.45, 7) is 4.25. The van der Waals surface area contributed by atoms with Crippen LogP contribution in [0.15, 0.2) is 36.4 Å². The highest BCUT2D eigenvalue weighted by molar-refractivity contribution is 6.01. The molecule has 0 aliphatic carbocycles. The third-order valence-corrected chi connectivity index (χ3v) is 5.79. The number of carbonyl (C=O) groups is 1. The second kappa shape index (κ2) is 8.09. The lowest BCUT2D eigenvalue weighted by Crippen LogP contribution is -2.44. The molecule has 5 nitrogen and oxygen atoms in total. The molecule has 2 aromatic carbocycles. The highest BCUT2D eigenvalue weighted by Crippen LogP contribution is 2.28. The summed E-state index contributed by atoms with van der Waals surface area (Å²) >= 11 is 0. The Morgan fingerprint density at radius 2 is 1.85 bits per heavy atom. The van der Waals surface area contributed by atoms with E-state index in [1.165, 1.54) is 32.1 Å². The van der Waals surface area contributed by atoms with Crippen molar-refractivity contribution >= 4 is 22.9 Å². The molecule has 2 aliphatic heterocycles. The Hall–Kier alpha value is -2.40. The van der Waals surface area contributed by atoms with E-state index in [0.29, 0.717) is 11.8 Å². The van der Waals surface area contributed by atoms with Gasteiger partial charge in [0, 0.05) is 36.3 Å². The highest BCUT2D eigenvalue weighted by Gasteiger charge is 2.31. The second-order valence-corrected chi connectivity index (χ2v) is 7.52. The molecule has 2 heterocycles. The molecule has 142 valence electrons. The van der Waals surface area contributed by atoms with Crippen molar-refractivity contribution in [3.8, 4) is 5.75 Å². The van der Waals surface area contributed by atoms with Crippen molar-refractivity contribution in [2.24, 2.45) is 0 Å². The highest BCUT2D eigenvalue weighted by atomic mass is 16.5. The van der Waals surface area contributed by atoms with Crippen molar-refractivity contribution in [3.63, 3.8) is 0 Å². The summed E-state index contributed by atoms with van der Waals surface area (Å²) in [6, 6.07) is 11.9. The molecule has 2 aromatic rings. The molecule has 1 unspecified atom stereocenters. The van der Waals surface area contributed by atoms with Gasteiger partial charge in [-0.25, -0.2) is 0 Å². The van der Waals surface area contributed by atoms with Crippen molar-refractivity contribution in [2.75, 3.05) is 32.8 Å². The first kappa shape index (κ1) is 18.0. The SMILES string of the molecule is N=Cc1ccc(OCC(=O)N2CCCC2CN2CCCC2)c2ccccc12. The number of hydrogen-bond acceptors (Lipinski definition) is 4. The molecule has 0 bridgehead atoms. The summed E-state index contributed by atoms with van der Waals surface area (Å²) in [5.74, 6) is 0.789. The van der Waals surface area contributed by atoms with Crippen LogP contribution in [0.25, 0.3) is 10.8 Å². The number of benzene rings is 2. The van der Waals surface area contributed by atoms with Crippen LogP contribution in [0, 0.1) is 5.41 Å². The van der Waals surface area contributed by atoms with E-state index in [0.717, 1.165) is 42.3 Å². The average molecular weight is 365 g/mol. The van der Waals surface area contributed by atoms with Gasteiger partial charge in [0.15, 0.2) is 6.61 Å². The Morgan fingerprint density at radius 1 is 1.07 bits per heavy atom. The van der Waals surface area contributed by atoms with Crippen LogP contribution in [-0.2, 0) is 4.79 Å². The van der Waals surface area contributed by atoms with Gasteiger partial charge in [0.25, 0.3) is 5.91 Å². The predicted octanol–water partition coefficient (Wildman–Crippen LogP) is 3.30. The van der Waals surface area contributed by atoms with Crippen molar-refractivity contribution in [2.45, 2.75) is 31.7 Å². The maximum absolute atomic E-state index is 12.8. The molecule has 0 saturated carbocycles. The van der Waals surface area contributed by atoms with Crippen molar-refractivity contribution in [1.82, 2.24) is 9.80 Å². The smallest absolute Gasteiger partial charge is 0.260 e. The van der Waals surface area contributed by atoms with Gasteiger partial charge in [-0.2, -0.15) is 0 Å². The van der Waals surface area contributed by atoms with Crippen LogP contribution in [0.3, 0.4) is 0 Å². The molecule has 4 rings (SSSR count). The summed E-state index contributed by atoms with van der Waals surface area (Å²) in [6.07, 6.45) is 6.09. The summed E-state index contributed by atoms with van der Waals surface area (Å²) in [4.78, 5) is 17.3. The number of rotatable bonds is 6. The fourth-order valence-electron chi connectivity index (χ4n) is 4.39. The maximum Gasteiger partial charge on any atom is 0.260 e. The fourth-order valence-corrected chi connectivity index (χ4v) is 4.39. The number of nitrogens with one attached hydrogen (secondary N) is 1. The Balaban J connectivity index is 1.43. The summed E-state index contributed by atoms with van der Waals surface area (Å²) in [5, 5.41) is 9.49. The monoisotopic (exact) mass is 365 g/mol. The molecule has 1 amide bonds. The summed E-state index contributed by atoms with van der Waals surface area (Å²) < 4.78 is 5.93. The number of carbonyl (C=O) groups excluding carboxylic acids is 1. The quantitative estimate of drug-likeness (QED) is 0.799. The first-order chi connectivity index (χ1) is 13.3. The zero-order valence-electron chi connectivity index (χ0n) is 15.7. The van der Waals surface area contributed by atoms with E-state index in [1.54, 1.807) is 0 Å². The minimum absolute atomic E-state index is 0.0738. The first-order valence-electron chi connectivity index (χ1n) is 9.93. The van der Waals surface area contributed by atoms with E-state index in [9.17, 15) is 4.79 Å². The lowest BCUT2D eigenvalue weighted by atomic mass is 10.0. The standard InChI is InChI=1S/C22H27N3O2/c23-14-17-9-10-21(20-8-2-1-7-19(17)20)27-16-22(26)25-13-5-6-18(25)15-24-11-3-4-12-24/h1-2,7-10,14,18,23H,3-6,11-13,15-16H2. The molecule has 27 heavy (non-hydrogen) atoms. The largest absolute Gasteiger partial charge is 0.483 e. The molecule has 0 radical (unpaired) electrons. The van der Waals surface area contributed by atoms with E-state index in [2.05, 4.69) is 4.90 Å². The maximum atomic E-state index is 12.8. The minimum Gasteiger partial charge on any atom is -0.483 e. The number of likely N-dealkylation sites (tertiary alicyclic amines) is 2. The third kappa shape index (κ3) is 3.83. The van der Waals surface area contributed by atoms with Gasteiger partial charge in [0.1, 0.15) is 5.75 Å². The number of hydrogen-bond donors (Lipinski definition) is 1. The van der Waals surface area contributed by atoms with Crippen molar-refractivity contribution in [1.29, 1.82) is 5.41 Å². The number of nitrogens with zero attached hydrogens (tertiary/aromatic N) is 2. The Kier molecular flexibility index (Phi) is 5.39. The molecule has 0 spiro atoms. The van der Waals surface area contributed by atoms with Crippen molar-refractivity contribution < 1.29 is 9.53 Å². The van der Waals surface area contributed by atoms with Crippen LogP contribution < -0.4 is 4.74 Å². The van der Waals surface area contributed by atoms with Gasteiger partial charge in [-0.15, -0.1) is 0 Å². The van der Waals surface area contributed by atoms with Gasteiger partial charge in [-0.05, 0) is 56.3 Å². The molecular weight excluding hydrogens is 338 g/mol. The lowest BCUT2D eigenvalue weighted by molar-refractivity contribution is -0.134. The van der Waals surface area contributed by atoms with Crippen LogP contribution in [0.1, 0.15) is 31.2 Å². The van der Waals surface area contributed by atoms with Crippen molar-refractivity contribution in [3.05, 3.63) is 42.0 Å². The van der Waals surface area contributed by atoms with Crippen LogP contribution in [-0.4, -0.2) is 60.7 Å². The molecule has 1 N–H and O–H groups in total. The van der Waals surface area contributed by atoms with E-state index in [-0.39, 0.29) is 12.5 Å². The van der Waals surface area contributed by atoms with Crippen LogP contribution in [0.2, 0.25) is 0 Å². The van der Waals surface area contributed by atoms with E-state index < -0.39 is 0 Å². The first-order valence-corrected chi connectivity index (χ1v) is 9.93. The summed E-state index contributed by atoms with van der Waals surface area (Å²) in [5.41, 5.74) is 0.856. The number of fused-ring (bicyclic) bond motifs is 1. The van der Waals surface area contributed by atoms with Crippen LogP contribution in [0.4, 0.5) is 0 Å². The minimum atomic E-state index is 0.0738. The topological polar surface area (TPSA) is 56.6 Å². The molecule has 2 saturated heterocycles. The molecular formula is C22H27N3O2. The zero-order valence-corrected chi connectivity index (χ0v) is 15.7. The van der Waals surface area contributed by atoms with Gasteiger partial charge < -0.3 is 19.9 Å². The number of amides is 1. The fraction of sp³-hybridized carbons (Fsp3) is 0.455. The second-order valence-electron chi connectivity index (χ2n) is 7.52. The molecule has 1 atom stereocenters. The average Bonchev–Trinajstić information content (AvgIpc) is 3.38. The lowest BCUT2D eigenvalue weighted by Gasteiger charge is -2.28. The predicted molar refractivity (Wildman–Crippen MR) is 108 cm³/mol. The summed E-state index contributed by atoms with van der Waals surface area (Å²) in [7, 11) is 0. The van der Waals surface area contributed by atoms with E-state index in [1.807, 2.05) is 41.3 Å². The molecule has 2 aliphatic rings. The third-order valence-electron chi connectivity index (χ3n) is 5.79. The van der Waals surface area contributed by atoms with Gasteiger partial charge in [-0.3, -0.25) is 4.79 Å². The molecule has 2 fully saturated rings. The van der Waals surface area contributed by atoms with Gasteiger partial charge in [-0.1, -0.05) is 24.3 Å². The molecule has 5 heteroatoms. The van der Waals surface area contributed by atoms with E-state index in [4.69, 9.17) is 10.1 Å². The van der Waals surface area contributed by atoms with Crippen LogP contribution >= 0.6 is 0 Å². The number of ether oxygens (including phenoxy) is 1. The van der Waals surface area contributed by atoms with Gasteiger partial charge in [0.2, 0.25) is 0 Å². The Labute approximate surface area is 160 Å². The van der Waals surface area contributed by atoms with Crippen LogP contribution in [0.5, 0.6) is 5.75 Å². The van der Waals surface area contributed by atoms with Gasteiger partial charge in [0.05, 0.1) is 0 Å². The zero-order chi connectivity index (χ0) is 18.6. The van der Waals surface area contributed by atoms with Gasteiger partial charge >= 0.3 is 0 Å². The Bertz CT molecular complexity index is 829. The Morgan fingerprint density at radius 3 is 2.63 bits per heavy atom. The normalized spacial score (nSPS) is 20.3. The van der Waals surface area contributed by atoms with E-state index >= 15 is 0 Å². The molecule has 0 aromatic heterocycles.